The molecule has 6 heteroatoms. The highest BCUT2D eigenvalue weighted by atomic mass is 16.4. The van der Waals surface area contributed by atoms with Crippen LogP contribution in [0.15, 0.2) is 104 Å². The van der Waals surface area contributed by atoms with E-state index < -0.39 is 12.0 Å². The minimum absolute atomic E-state index is 0. The quantitative estimate of drug-likeness (QED) is 0.132. The molecule has 0 amide bonds. The van der Waals surface area contributed by atoms with Crippen LogP contribution in [-0.4, -0.2) is 22.3 Å². The molecular formula is C33H33N3O3. The molecule has 0 aliphatic carbocycles. The van der Waals surface area contributed by atoms with Gasteiger partial charge in [0, 0.05) is 34.6 Å². The first-order valence-corrected chi connectivity index (χ1v) is 12.1. The van der Waals surface area contributed by atoms with E-state index in [9.17, 15) is 9.59 Å². The second kappa shape index (κ2) is 13.0. The van der Waals surface area contributed by atoms with Gasteiger partial charge in [0.25, 0.3) is 0 Å². The average molecular weight is 520 g/mol. The van der Waals surface area contributed by atoms with Gasteiger partial charge in [-0.25, -0.2) is 0 Å². The number of H-pyrrole nitrogens is 1. The summed E-state index contributed by atoms with van der Waals surface area (Å²) in [5.74, 6) is -0.908. The Bertz CT molecular complexity index is 1570. The molecule has 4 aromatic carbocycles. The Balaban J connectivity index is 0.000000214. The number of nitrogens with two attached hydrogens (primary N) is 2. The van der Waals surface area contributed by atoms with Crippen LogP contribution in [0, 0.1) is 0 Å². The van der Waals surface area contributed by atoms with Crippen molar-refractivity contribution in [3.8, 4) is 22.3 Å². The largest absolute Gasteiger partial charge is 0.481 e. The zero-order valence-corrected chi connectivity index (χ0v) is 20.8. The van der Waals surface area contributed by atoms with Crippen LogP contribution < -0.4 is 11.5 Å². The number of aromatic nitrogens is 1. The maximum atomic E-state index is 10.7. The lowest BCUT2D eigenvalue weighted by Crippen LogP contribution is -2.14. The van der Waals surface area contributed by atoms with Gasteiger partial charge in [-0.15, -0.1) is 0 Å². The zero-order chi connectivity index (χ0) is 27.1. The SMILES string of the molecule is C.C=Cc1cccc(-c2ccc(C(N)CC(=O)O)cc2)c1N.O=Cc1ccc(-c2cccc3cc[nH]c23)cc1. The summed E-state index contributed by atoms with van der Waals surface area (Å²) in [6.45, 7) is 3.74. The molecule has 39 heavy (non-hydrogen) atoms. The van der Waals surface area contributed by atoms with Crippen LogP contribution in [0.1, 0.15) is 41.4 Å². The Hall–Kier alpha value is -4.94. The highest BCUT2D eigenvalue weighted by Crippen LogP contribution is 2.30. The molecule has 0 aliphatic heterocycles. The molecule has 1 unspecified atom stereocenters. The van der Waals surface area contributed by atoms with Crippen molar-refractivity contribution in [1.29, 1.82) is 0 Å². The number of aromatic amines is 1. The molecule has 6 N–H and O–H groups in total. The van der Waals surface area contributed by atoms with Crippen molar-refractivity contribution < 1.29 is 14.7 Å². The number of fused-ring (bicyclic) bond motifs is 1. The van der Waals surface area contributed by atoms with E-state index in [0.29, 0.717) is 11.3 Å². The summed E-state index contributed by atoms with van der Waals surface area (Å²) in [4.78, 5) is 24.5. The van der Waals surface area contributed by atoms with E-state index in [2.05, 4.69) is 29.8 Å². The van der Waals surface area contributed by atoms with Gasteiger partial charge in [0.05, 0.1) is 11.9 Å². The molecule has 0 fully saturated rings. The van der Waals surface area contributed by atoms with Gasteiger partial charge in [0.2, 0.25) is 0 Å². The van der Waals surface area contributed by atoms with Gasteiger partial charge < -0.3 is 21.6 Å². The predicted molar refractivity (Wildman–Crippen MR) is 161 cm³/mol. The van der Waals surface area contributed by atoms with E-state index in [1.165, 1.54) is 5.39 Å². The number of carbonyl (C=O) groups is 2. The Morgan fingerprint density at radius 2 is 1.51 bits per heavy atom. The molecule has 198 valence electrons. The standard InChI is InChI=1S/C17H18N2O2.C15H11NO.CH4/c1-2-11-4-3-5-14(17(11)19)12-6-8-13(9-7-12)15(18)10-16(20)21;17-10-11-4-6-12(7-5-11)14-3-1-2-13-8-9-16-15(13)14;/h2-9,15H,1,10,18-19H2,(H,20,21);1-10,16H;1H4. The van der Waals surface area contributed by atoms with E-state index in [4.69, 9.17) is 16.6 Å². The van der Waals surface area contributed by atoms with Gasteiger partial charge in [-0.1, -0.05) is 105 Å². The fourth-order valence-corrected chi connectivity index (χ4v) is 4.30. The third-order valence-corrected chi connectivity index (χ3v) is 6.35. The molecule has 0 aliphatic rings. The van der Waals surface area contributed by atoms with E-state index >= 15 is 0 Å². The Kier molecular flexibility index (Phi) is 9.57. The number of aliphatic carboxylic acids is 1. The molecular weight excluding hydrogens is 486 g/mol. The summed E-state index contributed by atoms with van der Waals surface area (Å²) >= 11 is 0. The van der Waals surface area contributed by atoms with Crippen LogP contribution in [0.2, 0.25) is 0 Å². The smallest absolute Gasteiger partial charge is 0.305 e. The van der Waals surface area contributed by atoms with Crippen molar-refractivity contribution >= 4 is 34.9 Å². The zero-order valence-electron chi connectivity index (χ0n) is 20.8. The van der Waals surface area contributed by atoms with Crippen molar-refractivity contribution in [2.45, 2.75) is 19.9 Å². The van der Waals surface area contributed by atoms with E-state index in [-0.39, 0.29) is 13.8 Å². The number of aldehydes is 1. The molecule has 1 atom stereocenters. The molecule has 6 nitrogen and oxygen atoms in total. The van der Waals surface area contributed by atoms with Crippen molar-refractivity contribution in [3.05, 3.63) is 120 Å². The molecule has 0 radical (unpaired) electrons. The molecule has 1 aromatic heterocycles. The van der Waals surface area contributed by atoms with E-state index in [1.807, 2.05) is 79.0 Å². The fourth-order valence-electron chi connectivity index (χ4n) is 4.30. The number of nitrogens with one attached hydrogen (secondary N) is 1. The lowest BCUT2D eigenvalue weighted by Gasteiger charge is -2.12. The number of para-hydroxylation sites is 2. The summed E-state index contributed by atoms with van der Waals surface area (Å²) in [6, 6.07) is 28.6. The van der Waals surface area contributed by atoms with E-state index in [0.717, 1.165) is 45.2 Å². The average Bonchev–Trinajstić information content (AvgIpc) is 3.43. The van der Waals surface area contributed by atoms with Crippen LogP contribution in [0.3, 0.4) is 0 Å². The van der Waals surface area contributed by atoms with Gasteiger partial charge in [-0.05, 0) is 33.7 Å². The first-order valence-electron chi connectivity index (χ1n) is 12.1. The lowest BCUT2D eigenvalue weighted by molar-refractivity contribution is -0.137. The fraction of sp³-hybridized carbons (Fsp3) is 0.0909. The molecule has 0 spiro atoms. The molecule has 0 saturated carbocycles. The van der Waals surface area contributed by atoms with Gasteiger partial charge in [-0.2, -0.15) is 0 Å². The number of carboxylic acid groups (broad SMARTS) is 1. The third kappa shape index (κ3) is 6.69. The summed E-state index contributed by atoms with van der Waals surface area (Å²) in [5, 5.41) is 9.96. The number of hydrogen-bond acceptors (Lipinski definition) is 4. The number of benzene rings is 4. The second-order valence-corrected chi connectivity index (χ2v) is 8.83. The molecule has 0 bridgehead atoms. The number of carboxylic acids is 1. The van der Waals surface area contributed by atoms with Crippen molar-refractivity contribution in [3.63, 3.8) is 0 Å². The highest BCUT2D eigenvalue weighted by Gasteiger charge is 2.11. The van der Waals surface area contributed by atoms with Gasteiger partial charge in [-0.3, -0.25) is 9.59 Å². The number of rotatable bonds is 7. The van der Waals surface area contributed by atoms with Crippen LogP contribution in [-0.2, 0) is 4.79 Å². The topological polar surface area (TPSA) is 122 Å². The molecule has 0 saturated heterocycles. The van der Waals surface area contributed by atoms with Gasteiger partial charge in [0.1, 0.15) is 6.29 Å². The lowest BCUT2D eigenvalue weighted by atomic mass is 9.97. The second-order valence-electron chi connectivity index (χ2n) is 8.83. The maximum Gasteiger partial charge on any atom is 0.305 e. The molecule has 5 aromatic rings. The number of carbonyl (C=O) groups excluding carboxylic acids is 1. The summed E-state index contributed by atoms with van der Waals surface area (Å²) in [7, 11) is 0. The summed E-state index contributed by atoms with van der Waals surface area (Å²) in [6.07, 6.45) is 4.43. The maximum absolute atomic E-state index is 10.7. The van der Waals surface area contributed by atoms with Crippen molar-refractivity contribution in [2.75, 3.05) is 5.73 Å². The van der Waals surface area contributed by atoms with Crippen molar-refractivity contribution in [1.82, 2.24) is 4.98 Å². The molecule has 1 heterocycles. The number of nitrogen functional groups attached to an aromatic ring is 1. The van der Waals surface area contributed by atoms with Crippen LogP contribution in [0.5, 0.6) is 0 Å². The van der Waals surface area contributed by atoms with Crippen molar-refractivity contribution in [2.24, 2.45) is 5.73 Å². The Morgan fingerprint density at radius 1 is 0.897 bits per heavy atom. The summed E-state index contributed by atoms with van der Waals surface area (Å²) < 4.78 is 0. The minimum Gasteiger partial charge on any atom is -0.481 e. The molecule has 5 rings (SSSR count). The van der Waals surface area contributed by atoms with Gasteiger partial charge >= 0.3 is 5.97 Å². The Labute approximate surface area is 228 Å². The van der Waals surface area contributed by atoms with E-state index in [1.54, 1.807) is 6.08 Å². The van der Waals surface area contributed by atoms with Crippen LogP contribution in [0.4, 0.5) is 5.69 Å². The summed E-state index contributed by atoms with van der Waals surface area (Å²) in [5.41, 5.74) is 20.3. The van der Waals surface area contributed by atoms with Crippen LogP contribution >= 0.6 is 0 Å². The minimum atomic E-state index is -0.908. The number of hydrogen-bond donors (Lipinski definition) is 4. The predicted octanol–water partition coefficient (Wildman–Crippen LogP) is 7.34. The first kappa shape index (κ1) is 28.6. The monoisotopic (exact) mass is 519 g/mol. The van der Waals surface area contributed by atoms with Crippen LogP contribution in [0.25, 0.3) is 39.2 Å². The normalized spacial score (nSPS) is 11.0. The first-order chi connectivity index (χ1) is 18.4. The van der Waals surface area contributed by atoms with Gasteiger partial charge in [0.15, 0.2) is 0 Å². The Morgan fingerprint density at radius 3 is 2.15 bits per heavy atom. The number of anilines is 1. The third-order valence-electron chi connectivity index (χ3n) is 6.35. The highest BCUT2D eigenvalue weighted by molar-refractivity contribution is 5.94.